The zero-order chi connectivity index (χ0) is 18.4. The molecule has 0 aromatic heterocycles. The van der Waals surface area contributed by atoms with Crippen molar-refractivity contribution in [1.82, 2.24) is 0 Å². The SMILES string of the molecule is Cc1cccc(NC(N)=NCc2ccc(C)cc2OCC(F)(F)F)c1.I. The molecule has 0 aliphatic carbocycles. The van der Waals surface area contributed by atoms with E-state index in [0.717, 1.165) is 16.8 Å². The van der Waals surface area contributed by atoms with Gasteiger partial charge in [-0.15, -0.1) is 24.0 Å². The lowest BCUT2D eigenvalue weighted by atomic mass is 10.1. The van der Waals surface area contributed by atoms with Crippen LogP contribution in [0.15, 0.2) is 47.5 Å². The number of aryl methyl sites for hydroxylation is 2. The van der Waals surface area contributed by atoms with Crippen molar-refractivity contribution in [2.24, 2.45) is 10.7 Å². The van der Waals surface area contributed by atoms with E-state index in [9.17, 15) is 13.2 Å². The van der Waals surface area contributed by atoms with Gasteiger partial charge in [-0.05, 0) is 43.2 Å². The lowest BCUT2D eigenvalue weighted by Crippen LogP contribution is -2.23. The molecule has 3 N–H and O–H groups in total. The smallest absolute Gasteiger partial charge is 0.422 e. The van der Waals surface area contributed by atoms with Crippen LogP contribution in [-0.4, -0.2) is 18.7 Å². The minimum atomic E-state index is -4.39. The number of benzene rings is 2. The number of nitrogens with two attached hydrogens (primary N) is 1. The van der Waals surface area contributed by atoms with Gasteiger partial charge in [-0.25, -0.2) is 4.99 Å². The zero-order valence-electron chi connectivity index (χ0n) is 14.4. The molecule has 0 fully saturated rings. The van der Waals surface area contributed by atoms with Crippen LogP contribution in [0.4, 0.5) is 18.9 Å². The van der Waals surface area contributed by atoms with Gasteiger partial charge in [0.05, 0.1) is 6.54 Å². The number of halogens is 4. The van der Waals surface area contributed by atoms with Crippen LogP contribution in [0, 0.1) is 13.8 Å². The summed E-state index contributed by atoms with van der Waals surface area (Å²) in [4.78, 5) is 4.18. The number of nitrogens with one attached hydrogen (secondary N) is 1. The normalized spacial score (nSPS) is 11.7. The average Bonchev–Trinajstić information content (AvgIpc) is 2.51. The number of alkyl halides is 3. The summed E-state index contributed by atoms with van der Waals surface area (Å²) in [5, 5.41) is 2.95. The molecule has 0 aliphatic heterocycles. The monoisotopic (exact) mass is 479 g/mol. The second-order valence-corrected chi connectivity index (χ2v) is 5.71. The van der Waals surface area contributed by atoms with Gasteiger partial charge in [-0.3, -0.25) is 0 Å². The molecule has 142 valence electrons. The first kappa shape index (κ1) is 22.1. The number of aliphatic imine (C=N–C) groups is 1. The van der Waals surface area contributed by atoms with E-state index in [0.29, 0.717) is 5.56 Å². The molecule has 0 spiro atoms. The molecule has 0 aliphatic rings. The number of hydrogen-bond donors (Lipinski definition) is 2. The molecule has 0 unspecified atom stereocenters. The van der Waals surface area contributed by atoms with Gasteiger partial charge in [-0.2, -0.15) is 13.2 Å². The quantitative estimate of drug-likeness (QED) is 0.369. The Kier molecular flexibility index (Phi) is 8.19. The maximum atomic E-state index is 12.4. The Balaban J connectivity index is 0.00000338. The van der Waals surface area contributed by atoms with Crippen molar-refractivity contribution in [2.75, 3.05) is 11.9 Å². The van der Waals surface area contributed by atoms with Crippen molar-refractivity contribution in [3.05, 3.63) is 59.2 Å². The van der Waals surface area contributed by atoms with E-state index >= 15 is 0 Å². The summed E-state index contributed by atoms with van der Waals surface area (Å²) in [6, 6.07) is 12.6. The van der Waals surface area contributed by atoms with E-state index in [1.165, 1.54) is 0 Å². The number of guanidine groups is 1. The van der Waals surface area contributed by atoms with Gasteiger partial charge in [0.2, 0.25) is 0 Å². The van der Waals surface area contributed by atoms with Gasteiger partial charge >= 0.3 is 6.18 Å². The number of nitrogens with zero attached hydrogens (tertiary/aromatic N) is 1. The number of hydrogen-bond acceptors (Lipinski definition) is 2. The van der Waals surface area contributed by atoms with E-state index in [1.54, 1.807) is 25.1 Å². The topological polar surface area (TPSA) is 59.6 Å². The second kappa shape index (κ2) is 9.65. The Morgan fingerprint density at radius 1 is 1.12 bits per heavy atom. The first-order valence-electron chi connectivity index (χ1n) is 7.65. The molecule has 2 aromatic carbocycles. The molecule has 2 aromatic rings. The molecule has 4 nitrogen and oxygen atoms in total. The standard InChI is InChI=1S/C18H20F3N3O.HI/c1-12-4-3-5-15(8-12)24-17(22)23-10-14-7-6-13(2)9-16(14)25-11-18(19,20)21;/h3-9H,10-11H2,1-2H3,(H3,22,23,24);1H. The minimum absolute atomic E-state index is 0. The van der Waals surface area contributed by atoms with E-state index in [2.05, 4.69) is 10.3 Å². The van der Waals surface area contributed by atoms with Crippen LogP contribution in [0.3, 0.4) is 0 Å². The summed E-state index contributed by atoms with van der Waals surface area (Å²) in [6.07, 6.45) is -4.39. The third-order valence-corrected chi connectivity index (χ3v) is 3.32. The molecule has 2 rings (SSSR count). The molecule has 0 amide bonds. The molecule has 0 heterocycles. The van der Waals surface area contributed by atoms with E-state index in [-0.39, 0.29) is 42.2 Å². The highest BCUT2D eigenvalue weighted by atomic mass is 127. The van der Waals surface area contributed by atoms with Crippen LogP contribution in [0.25, 0.3) is 0 Å². The summed E-state index contributed by atoms with van der Waals surface area (Å²) < 4.78 is 42.0. The van der Waals surface area contributed by atoms with Crippen LogP contribution in [0.2, 0.25) is 0 Å². The van der Waals surface area contributed by atoms with Gasteiger partial charge in [0, 0.05) is 11.3 Å². The fraction of sp³-hybridized carbons (Fsp3) is 0.278. The second-order valence-electron chi connectivity index (χ2n) is 5.71. The largest absolute Gasteiger partial charge is 0.484 e. The highest BCUT2D eigenvalue weighted by Crippen LogP contribution is 2.24. The van der Waals surface area contributed by atoms with Gasteiger partial charge in [0.15, 0.2) is 12.6 Å². The van der Waals surface area contributed by atoms with Crippen molar-refractivity contribution in [3.63, 3.8) is 0 Å². The maximum absolute atomic E-state index is 12.4. The van der Waals surface area contributed by atoms with Gasteiger partial charge in [0.1, 0.15) is 5.75 Å². The van der Waals surface area contributed by atoms with E-state index in [1.807, 2.05) is 31.2 Å². The molecule has 0 atom stereocenters. The maximum Gasteiger partial charge on any atom is 0.422 e. The van der Waals surface area contributed by atoms with Crippen molar-refractivity contribution < 1.29 is 17.9 Å². The summed E-state index contributed by atoms with van der Waals surface area (Å²) in [5.74, 6) is 0.331. The predicted molar refractivity (Wildman–Crippen MR) is 108 cm³/mol. The Morgan fingerprint density at radius 2 is 1.81 bits per heavy atom. The molecule has 0 saturated carbocycles. The number of ether oxygens (including phenoxy) is 1. The Morgan fingerprint density at radius 3 is 2.46 bits per heavy atom. The third-order valence-electron chi connectivity index (χ3n) is 3.32. The van der Waals surface area contributed by atoms with Crippen molar-refractivity contribution in [3.8, 4) is 5.75 Å². The molecular weight excluding hydrogens is 458 g/mol. The summed E-state index contributed by atoms with van der Waals surface area (Å²) >= 11 is 0. The molecule has 26 heavy (non-hydrogen) atoms. The van der Waals surface area contributed by atoms with Crippen LogP contribution in [0.1, 0.15) is 16.7 Å². The third kappa shape index (κ3) is 7.51. The van der Waals surface area contributed by atoms with Crippen LogP contribution in [-0.2, 0) is 6.54 Å². The fourth-order valence-electron chi connectivity index (χ4n) is 2.17. The predicted octanol–water partition coefficient (Wildman–Crippen LogP) is 4.79. The Hall–Kier alpha value is -1.97. The Bertz CT molecular complexity index is 764. The lowest BCUT2D eigenvalue weighted by molar-refractivity contribution is -0.153. The van der Waals surface area contributed by atoms with Crippen LogP contribution >= 0.6 is 24.0 Å². The van der Waals surface area contributed by atoms with Crippen molar-refractivity contribution in [2.45, 2.75) is 26.6 Å². The zero-order valence-corrected chi connectivity index (χ0v) is 16.8. The summed E-state index contributed by atoms with van der Waals surface area (Å²) in [5.41, 5.74) is 9.04. The highest BCUT2D eigenvalue weighted by molar-refractivity contribution is 14.0. The van der Waals surface area contributed by atoms with Crippen LogP contribution < -0.4 is 15.8 Å². The fourth-order valence-corrected chi connectivity index (χ4v) is 2.17. The number of rotatable bonds is 5. The van der Waals surface area contributed by atoms with E-state index in [4.69, 9.17) is 10.5 Å². The number of anilines is 1. The van der Waals surface area contributed by atoms with Crippen LogP contribution in [0.5, 0.6) is 5.75 Å². The summed E-state index contributed by atoms with van der Waals surface area (Å²) in [7, 11) is 0. The minimum Gasteiger partial charge on any atom is -0.484 e. The Labute approximate surface area is 167 Å². The lowest BCUT2D eigenvalue weighted by Gasteiger charge is -2.13. The first-order valence-corrected chi connectivity index (χ1v) is 7.65. The molecular formula is C18H21F3IN3O. The van der Waals surface area contributed by atoms with Gasteiger partial charge in [-0.1, -0.05) is 24.3 Å². The van der Waals surface area contributed by atoms with E-state index < -0.39 is 12.8 Å². The van der Waals surface area contributed by atoms with Gasteiger partial charge < -0.3 is 15.8 Å². The van der Waals surface area contributed by atoms with Gasteiger partial charge in [0.25, 0.3) is 0 Å². The molecule has 0 bridgehead atoms. The first-order chi connectivity index (χ1) is 11.7. The molecule has 0 radical (unpaired) electrons. The van der Waals surface area contributed by atoms with Crippen molar-refractivity contribution in [1.29, 1.82) is 0 Å². The molecule has 0 saturated heterocycles. The average molecular weight is 479 g/mol. The molecule has 8 heteroatoms. The summed E-state index contributed by atoms with van der Waals surface area (Å²) in [6.45, 7) is 2.50. The van der Waals surface area contributed by atoms with Crippen molar-refractivity contribution >= 4 is 35.6 Å². The highest BCUT2D eigenvalue weighted by Gasteiger charge is 2.28.